The quantitative estimate of drug-likeness (QED) is 0.708. The molecule has 1 aromatic carbocycles. The zero-order valence-corrected chi connectivity index (χ0v) is 14.6. The lowest BCUT2D eigenvalue weighted by atomic mass is 10.1. The molecule has 26 heavy (non-hydrogen) atoms. The van der Waals surface area contributed by atoms with Crippen LogP contribution in [0.4, 0.5) is 0 Å². The summed E-state index contributed by atoms with van der Waals surface area (Å²) in [4.78, 5) is 23.3. The highest BCUT2D eigenvalue weighted by Gasteiger charge is 2.36. The number of nitrogens with zero attached hydrogens (tertiary/aromatic N) is 4. The third-order valence-electron chi connectivity index (χ3n) is 4.78. The Balaban J connectivity index is 1.52. The van der Waals surface area contributed by atoms with Crippen molar-refractivity contribution in [2.45, 2.75) is 32.2 Å². The number of amides is 1. The number of hydrogen-bond donors (Lipinski definition) is 0. The third-order valence-corrected chi connectivity index (χ3v) is 4.78. The van der Waals surface area contributed by atoms with Gasteiger partial charge in [-0.3, -0.25) is 9.78 Å². The van der Waals surface area contributed by atoms with Crippen LogP contribution in [-0.4, -0.2) is 32.5 Å². The van der Waals surface area contributed by atoms with Gasteiger partial charge in [-0.2, -0.15) is 4.98 Å². The number of aromatic nitrogens is 3. The number of carbonyl (C=O) groups excluding carboxylic acids is 1. The molecule has 6 nitrogen and oxygen atoms in total. The van der Waals surface area contributed by atoms with Gasteiger partial charge in [0.05, 0.1) is 0 Å². The van der Waals surface area contributed by atoms with E-state index in [1.807, 2.05) is 47.5 Å². The van der Waals surface area contributed by atoms with Gasteiger partial charge in [-0.15, -0.1) is 0 Å². The van der Waals surface area contributed by atoms with Crippen molar-refractivity contribution in [1.82, 2.24) is 20.0 Å². The molecule has 1 fully saturated rings. The normalized spacial score (nSPS) is 17.0. The van der Waals surface area contributed by atoms with E-state index >= 15 is 0 Å². The number of pyridine rings is 1. The maximum absolute atomic E-state index is 12.8. The molecule has 0 N–H and O–H groups in total. The maximum Gasteiger partial charge on any atom is 0.239 e. The molecule has 0 spiro atoms. The number of carbonyl (C=O) groups is 1. The first-order valence-corrected chi connectivity index (χ1v) is 8.86. The van der Waals surface area contributed by atoms with Crippen molar-refractivity contribution in [2.75, 3.05) is 6.54 Å². The summed E-state index contributed by atoms with van der Waals surface area (Å²) in [6.45, 7) is 3.37. The van der Waals surface area contributed by atoms with Crippen LogP contribution in [0.25, 0.3) is 11.4 Å². The van der Waals surface area contributed by atoms with Crippen molar-refractivity contribution in [1.29, 1.82) is 0 Å². The Labute approximate surface area is 151 Å². The van der Waals surface area contributed by atoms with Gasteiger partial charge >= 0.3 is 0 Å². The molecule has 1 aliphatic heterocycles. The van der Waals surface area contributed by atoms with E-state index in [0.717, 1.165) is 23.1 Å². The average Bonchev–Trinajstić information content (AvgIpc) is 3.30. The van der Waals surface area contributed by atoms with Crippen LogP contribution in [0, 0.1) is 0 Å². The molecule has 1 unspecified atom stereocenters. The molecule has 0 aliphatic carbocycles. The lowest BCUT2D eigenvalue weighted by molar-refractivity contribution is -0.129. The second-order valence-electron chi connectivity index (χ2n) is 6.43. The molecule has 1 saturated heterocycles. The van der Waals surface area contributed by atoms with E-state index in [1.54, 1.807) is 6.20 Å². The van der Waals surface area contributed by atoms with Crippen molar-refractivity contribution >= 4 is 5.91 Å². The minimum Gasteiger partial charge on any atom is -0.338 e. The zero-order chi connectivity index (χ0) is 17.9. The first-order valence-electron chi connectivity index (χ1n) is 8.86. The van der Waals surface area contributed by atoms with Crippen LogP contribution in [0.15, 0.2) is 53.3 Å². The van der Waals surface area contributed by atoms with Gasteiger partial charge in [0.15, 0.2) is 0 Å². The van der Waals surface area contributed by atoms with Gasteiger partial charge in [-0.25, -0.2) is 0 Å². The second kappa shape index (κ2) is 7.07. The number of hydrogen-bond acceptors (Lipinski definition) is 5. The number of rotatable bonds is 5. The molecular weight excluding hydrogens is 328 g/mol. The lowest BCUT2D eigenvalue weighted by Gasteiger charge is -2.15. The highest BCUT2D eigenvalue weighted by atomic mass is 16.5. The molecule has 0 radical (unpaired) electrons. The van der Waals surface area contributed by atoms with E-state index in [2.05, 4.69) is 22.0 Å². The van der Waals surface area contributed by atoms with Crippen molar-refractivity contribution in [3.63, 3.8) is 0 Å². The monoisotopic (exact) mass is 348 g/mol. The first kappa shape index (κ1) is 16.4. The molecule has 3 aromatic rings. The van der Waals surface area contributed by atoms with E-state index < -0.39 is 0 Å². The number of likely N-dealkylation sites (tertiary alicyclic amines) is 1. The average molecular weight is 348 g/mol. The molecule has 6 heteroatoms. The Kier molecular flexibility index (Phi) is 4.48. The molecule has 2 aromatic heterocycles. The second-order valence-corrected chi connectivity index (χ2v) is 6.43. The van der Waals surface area contributed by atoms with E-state index in [0.29, 0.717) is 31.2 Å². The van der Waals surface area contributed by atoms with Gasteiger partial charge in [-0.05, 0) is 30.0 Å². The van der Waals surface area contributed by atoms with Gasteiger partial charge in [0.1, 0.15) is 5.92 Å². The topological polar surface area (TPSA) is 72.1 Å². The fraction of sp³-hybridized carbons (Fsp3) is 0.300. The molecule has 4 rings (SSSR count). The van der Waals surface area contributed by atoms with Crippen LogP contribution in [0.3, 0.4) is 0 Å². The molecule has 1 atom stereocenters. The molecule has 3 heterocycles. The summed E-state index contributed by atoms with van der Waals surface area (Å²) < 4.78 is 5.44. The SMILES string of the molecule is CCc1cnccc1-c1noc(C2CCN(Cc3ccccc3)C2=O)n1. The Bertz CT molecular complexity index is 907. The van der Waals surface area contributed by atoms with Gasteiger partial charge < -0.3 is 9.42 Å². The lowest BCUT2D eigenvalue weighted by Crippen LogP contribution is -2.26. The standard InChI is InChI=1S/C20H20N4O2/c1-2-15-12-21-10-8-16(15)18-22-19(26-23-18)17-9-11-24(20(17)25)13-14-6-4-3-5-7-14/h3-8,10,12,17H,2,9,11,13H2,1H3. The van der Waals surface area contributed by atoms with Gasteiger partial charge in [0, 0.05) is 31.0 Å². The van der Waals surface area contributed by atoms with Crippen molar-refractivity contribution in [3.05, 3.63) is 65.8 Å². The van der Waals surface area contributed by atoms with Crippen molar-refractivity contribution in [3.8, 4) is 11.4 Å². The Morgan fingerprint density at radius 2 is 2.08 bits per heavy atom. The molecule has 0 bridgehead atoms. The minimum atomic E-state index is -0.355. The van der Waals surface area contributed by atoms with Crippen molar-refractivity contribution < 1.29 is 9.32 Å². The summed E-state index contributed by atoms with van der Waals surface area (Å²) in [6.07, 6.45) is 5.06. The highest BCUT2D eigenvalue weighted by molar-refractivity contribution is 5.84. The predicted octanol–water partition coefficient (Wildman–Crippen LogP) is 3.21. The maximum atomic E-state index is 12.8. The summed E-state index contributed by atoms with van der Waals surface area (Å²) in [5, 5.41) is 4.10. The predicted molar refractivity (Wildman–Crippen MR) is 96.1 cm³/mol. The van der Waals surface area contributed by atoms with Gasteiger partial charge in [-0.1, -0.05) is 42.4 Å². The van der Waals surface area contributed by atoms with Crippen LogP contribution in [0.2, 0.25) is 0 Å². The smallest absolute Gasteiger partial charge is 0.239 e. The summed E-state index contributed by atoms with van der Waals surface area (Å²) in [7, 11) is 0. The van der Waals surface area contributed by atoms with Gasteiger partial charge in [0.25, 0.3) is 0 Å². The minimum absolute atomic E-state index is 0.0505. The van der Waals surface area contributed by atoms with Crippen LogP contribution in [0.5, 0.6) is 0 Å². The van der Waals surface area contributed by atoms with E-state index in [-0.39, 0.29) is 11.8 Å². The zero-order valence-electron chi connectivity index (χ0n) is 14.6. The first-order chi connectivity index (χ1) is 12.8. The molecule has 1 amide bonds. The summed E-state index contributed by atoms with van der Waals surface area (Å²) >= 11 is 0. The Morgan fingerprint density at radius 3 is 2.88 bits per heavy atom. The van der Waals surface area contributed by atoms with Crippen LogP contribution >= 0.6 is 0 Å². The number of benzene rings is 1. The molecule has 1 aliphatic rings. The Morgan fingerprint density at radius 1 is 1.23 bits per heavy atom. The summed E-state index contributed by atoms with van der Waals surface area (Å²) in [6, 6.07) is 11.9. The van der Waals surface area contributed by atoms with Crippen LogP contribution < -0.4 is 0 Å². The van der Waals surface area contributed by atoms with E-state index in [4.69, 9.17) is 4.52 Å². The fourth-order valence-corrected chi connectivity index (χ4v) is 3.34. The molecular formula is C20H20N4O2. The third kappa shape index (κ3) is 3.10. The summed E-state index contributed by atoms with van der Waals surface area (Å²) in [5.74, 6) is 0.620. The van der Waals surface area contributed by atoms with E-state index in [1.165, 1.54) is 0 Å². The largest absolute Gasteiger partial charge is 0.338 e. The highest BCUT2D eigenvalue weighted by Crippen LogP contribution is 2.30. The number of aryl methyl sites for hydroxylation is 1. The molecule has 132 valence electrons. The Hall–Kier alpha value is -3.02. The summed E-state index contributed by atoms with van der Waals surface area (Å²) in [5.41, 5.74) is 3.09. The van der Waals surface area contributed by atoms with Crippen LogP contribution in [-0.2, 0) is 17.8 Å². The van der Waals surface area contributed by atoms with Gasteiger partial charge in [0.2, 0.25) is 17.6 Å². The van der Waals surface area contributed by atoms with E-state index in [9.17, 15) is 4.79 Å². The fourth-order valence-electron chi connectivity index (χ4n) is 3.34. The van der Waals surface area contributed by atoms with Crippen LogP contribution in [0.1, 0.15) is 36.3 Å². The molecule has 0 saturated carbocycles. The van der Waals surface area contributed by atoms with Crippen molar-refractivity contribution in [2.24, 2.45) is 0 Å².